The zero-order valence-electron chi connectivity index (χ0n) is 17.2. The van der Waals surface area contributed by atoms with Gasteiger partial charge in [-0.1, -0.05) is 0 Å². The number of carbonyl (C=O) groups excluding carboxylic acids is 1. The van der Waals surface area contributed by atoms with E-state index < -0.39 is 67.7 Å². The number of aromatic nitrogens is 2. The number of carboxylic acid groups (broad SMARTS) is 1. The molecule has 1 aliphatic rings. The molecule has 13 heteroatoms. The average molecular weight is 496 g/mol. The van der Waals surface area contributed by atoms with Gasteiger partial charge in [0.05, 0.1) is 0 Å². The third-order valence-corrected chi connectivity index (χ3v) is 7.86. The molecule has 1 aliphatic heterocycles. The molecule has 6 N–H and O–H groups in total. The van der Waals surface area contributed by atoms with Crippen LogP contribution >= 0.6 is 0 Å². The Morgan fingerprint density at radius 1 is 1.33 bits per heavy atom. The number of hydrogen-bond acceptors (Lipinski definition) is 8. The SMILES string of the molecule is CC(=O)N[C@@H]1[C@@H](O)[C@H](O)[C@@H](CO)O[C@H]1[Se](=O)c1ncc(C[C@@H](C(=O)O)[N+](C)(C)C)[nH]1. The van der Waals surface area contributed by atoms with Crippen molar-refractivity contribution in [2.24, 2.45) is 0 Å². The number of nitrogens with zero attached hydrogens (tertiary/aromatic N) is 2. The van der Waals surface area contributed by atoms with Gasteiger partial charge in [-0.05, 0) is 0 Å². The van der Waals surface area contributed by atoms with Gasteiger partial charge in [-0.2, -0.15) is 0 Å². The normalized spacial score (nSPS) is 29.2. The molecule has 0 bridgehead atoms. The molecule has 1 aromatic heterocycles. The standard InChI is InChI=1S/C17H28N4O8Se/c1-8(23)19-12-14(25)13(24)11(7-22)29-16(12)30(28)17-18-6-9(20-17)5-10(15(26)27)21(2,3)4/h6,10-14,16,22,24-25H,5,7H2,1-4H3,(H2-,18,19,20,23,26,27)/p+1/t10-,11+,12+,13+,14+,16-,30?/m0/s1. The van der Waals surface area contributed by atoms with Gasteiger partial charge in [0.25, 0.3) is 0 Å². The predicted molar refractivity (Wildman–Crippen MR) is 103 cm³/mol. The molecule has 170 valence electrons. The van der Waals surface area contributed by atoms with E-state index in [1.165, 1.54) is 13.1 Å². The van der Waals surface area contributed by atoms with Crippen molar-refractivity contribution in [1.82, 2.24) is 15.3 Å². The minimum atomic E-state index is -3.19. The fraction of sp³-hybridized carbons (Fsp3) is 0.706. The molecule has 0 radical (unpaired) electrons. The van der Waals surface area contributed by atoms with Crippen LogP contribution in [-0.2, 0) is 24.6 Å². The van der Waals surface area contributed by atoms with Crippen LogP contribution in [0.5, 0.6) is 0 Å². The summed E-state index contributed by atoms with van der Waals surface area (Å²) in [6.07, 6.45) is -2.66. The van der Waals surface area contributed by atoms with Gasteiger partial charge in [0.15, 0.2) is 0 Å². The molecule has 1 saturated heterocycles. The van der Waals surface area contributed by atoms with Crippen LogP contribution in [0.2, 0.25) is 0 Å². The number of quaternary nitrogens is 1. The van der Waals surface area contributed by atoms with E-state index >= 15 is 0 Å². The van der Waals surface area contributed by atoms with Gasteiger partial charge in [0, 0.05) is 0 Å². The Labute approximate surface area is 177 Å². The van der Waals surface area contributed by atoms with Crippen LogP contribution in [0.3, 0.4) is 0 Å². The first kappa shape index (κ1) is 24.5. The summed E-state index contributed by atoms with van der Waals surface area (Å²) in [5.41, 5.74) is 0.459. The van der Waals surface area contributed by atoms with E-state index in [1.807, 2.05) is 0 Å². The maximum atomic E-state index is 13.2. The van der Waals surface area contributed by atoms with Crippen molar-refractivity contribution in [3.63, 3.8) is 0 Å². The van der Waals surface area contributed by atoms with E-state index in [1.54, 1.807) is 21.1 Å². The van der Waals surface area contributed by atoms with Gasteiger partial charge in [-0.3, -0.25) is 0 Å². The third kappa shape index (κ3) is 5.49. The molecule has 2 heterocycles. The van der Waals surface area contributed by atoms with Gasteiger partial charge in [0.2, 0.25) is 0 Å². The number of rotatable bonds is 8. The molecule has 12 nitrogen and oxygen atoms in total. The molecule has 0 aromatic carbocycles. The van der Waals surface area contributed by atoms with Gasteiger partial charge in [-0.15, -0.1) is 0 Å². The van der Waals surface area contributed by atoms with Crippen LogP contribution in [0, 0.1) is 0 Å². The summed E-state index contributed by atoms with van der Waals surface area (Å²) < 4.78 is 18.9. The molecule has 0 spiro atoms. The Balaban J connectivity index is 2.27. The second kappa shape index (κ2) is 9.60. The van der Waals surface area contributed by atoms with Gasteiger partial charge in [-0.25, -0.2) is 0 Å². The Morgan fingerprint density at radius 2 is 1.97 bits per heavy atom. The maximum absolute atomic E-state index is 13.2. The first-order valence-electron chi connectivity index (χ1n) is 9.24. The van der Waals surface area contributed by atoms with Crippen molar-refractivity contribution in [1.29, 1.82) is 0 Å². The van der Waals surface area contributed by atoms with E-state index in [0.29, 0.717) is 5.69 Å². The second-order valence-electron chi connectivity index (χ2n) is 8.12. The number of aliphatic hydroxyl groups excluding tert-OH is 3. The Kier molecular flexibility index (Phi) is 7.85. The molecule has 1 amide bonds. The van der Waals surface area contributed by atoms with Gasteiger partial charge < -0.3 is 0 Å². The number of carboxylic acids is 1. The summed E-state index contributed by atoms with van der Waals surface area (Å²) in [6.45, 7) is 0.587. The third-order valence-electron chi connectivity index (χ3n) is 4.89. The molecule has 1 fully saturated rings. The predicted octanol–water partition coefficient (Wildman–Crippen LogP) is -3.73. The van der Waals surface area contributed by atoms with Crippen LogP contribution < -0.4 is 10.0 Å². The molecule has 0 saturated carbocycles. The molecule has 2 rings (SSSR count). The first-order valence-corrected chi connectivity index (χ1v) is 11.8. The van der Waals surface area contributed by atoms with Crippen LogP contribution in [0.25, 0.3) is 0 Å². The number of aromatic amines is 1. The van der Waals surface area contributed by atoms with Crippen molar-refractivity contribution in [3.05, 3.63) is 11.9 Å². The number of nitrogens with one attached hydrogen (secondary N) is 2. The minimum absolute atomic E-state index is 0.0520. The van der Waals surface area contributed by atoms with E-state index in [4.69, 9.17) is 4.74 Å². The van der Waals surface area contributed by atoms with E-state index in [0.717, 1.165) is 0 Å². The van der Waals surface area contributed by atoms with E-state index in [-0.39, 0.29) is 15.6 Å². The quantitative estimate of drug-likeness (QED) is 0.156. The van der Waals surface area contributed by atoms with Crippen LogP contribution in [-0.4, -0.2) is 124 Å². The summed E-state index contributed by atoms with van der Waals surface area (Å²) in [5.74, 6) is -1.51. The summed E-state index contributed by atoms with van der Waals surface area (Å²) in [7, 11) is 5.24. The number of ether oxygens (including phenoxy) is 1. The Morgan fingerprint density at radius 3 is 2.47 bits per heavy atom. The molecule has 0 aliphatic carbocycles. The summed E-state index contributed by atoms with van der Waals surface area (Å²) >= 11 is -3.19. The van der Waals surface area contributed by atoms with Crippen LogP contribution in [0.4, 0.5) is 0 Å². The van der Waals surface area contributed by atoms with Crippen molar-refractivity contribution >= 4 is 30.4 Å². The fourth-order valence-corrected chi connectivity index (χ4v) is 6.04. The summed E-state index contributed by atoms with van der Waals surface area (Å²) in [6, 6.07) is -1.94. The number of carbonyl (C=O) groups is 2. The number of aliphatic carboxylic acids is 1. The number of aliphatic hydroxyl groups is 3. The van der Waals surface area contributed by atoms with Crippen molar-refractivity contribution in [3.8, 4) is 0 Å². The number of amides is 1. The fourth-order valence-electron chi connectivity index (χ4n) is 3.21. The number of imidazole rings is 1. The number of hydrogen-bond donors (Lipinski definition) is 6. The Bertz CT molecular complexity index is 795. The molecule has 30 heavy (non-hydrogen) atoms. The van der Waals surface area contributed by atoms with Gasteiger partial charge in [0.1, 0.15) is 0 Å². The summed E-state index contributed by atoms with van der Waals surface area (Å²) in [5, 5.41) is 40.5. The molecule has 7 atom stereocenters. The number of H-pyrrole nitrogens is 1. The molecular formula is C17H29N4O8Se+. The molecular weight excluding hydrogens is 467 g/mol. The number of likely N-dealkylation sites (N-methyl/N-ethyl adjacent to an activating group) is 1. The van der Waals surface area contributed by atoms with Crippen LogP contribution in [0.15, 0.2) is 6.20 Å². The Hall–Kier alpha value is -1.73. The van der Waals surface area contributed by atoms with E-state index in [9.17, 15) is 33.8 Å². The monoisotopic (exact) mass is 497 g/mol. The second-order valence-corrected chi connectivity index (χ2v) is 11.2. The zero-order chi connectivity index (χ0) is 22.8. The average Bonchev–Trinajstić information content (AvgIpc) is 3.10. The van der Waals surface area contributed by atoms with Crippen molar-refractivity contribution < 1.29 is 43.1 Å². The zero-order valence-corrected chi connectivity index (χ0v) is 18.9. The van der Waals surface area contributed by atoms with Crippen molar-refractivity contribution in [2.75, 3.05) is 27.7 Å². The van der Waals surface area contributed by atoms with E-state index in [2.05, 4.69) is 15.3 Å². The van der Waals surface area contributed by atoms with Crippen LogP contribution in [0.1, 0.15) is 12.6 Å². The molecule has 1 aromatic rings. The topological polar surface area (TPSA) is 182 Å². The van der Waals surface area contributed by atoms with Crippen molar-refractivity contribution in [2.45, 2.75) is 48.7 Å². The first-order chi connectivity index (χ1) is 13.9. The summed E-state index contributed by atoms with van der Waals surface area (Å²) in [4.78, 5) is 30.0. The molecule has 1 unspecified atom stereocenters. The van der Waals surface area contributed by atoms with Gasteiger partial charge >= 0.3 is 177 Å².